The summed E-state index contributed by atoms with van der Waals surface area (Å²) in [7, 11) is 0. The molecule has 5 heteroatoms. The van der Waals surface area contributed by atoms with Crippen LogP contribution >= 0.6 is 22.7 Å². The highest BCUT2D eigenvalue weighted by molar-refractivity contribution is 7.15. The lowest BCUT2D eigenvalue weighted by atomic mass is 10.3. The molecule has 1 N–H and O–H groups in total. The van der Waals surface area contributed by atoms with Crippen LogP contribution in [0.4, 0.5) is 5.13 Å². The van der Waals surface area contributed by atoms with E-state index in [0.717, 1.165) is 23.1 Å². The van der Waals surface area contributed by atoms with Crippen LogP contribution < -0.4 is 5.32 Å². The molecule has 0 fully saturated rings. The first kappa shape index (κ1) is 9.61. The van der Waals surface area contributed by atoms with Crippen LogP contribution in [0.3, 0.4) is 0 Å². The number of aryl methyl sites for hydroxylation is 1. The van der Waals surface area contributed by atoms with Crippen molar-refractivity contribution < 1.29 is 0 Å². The predicted molar refractivity (Wildman–Crippen MR) is 62.1 cm³/mol. The van der Waals surface area contributed by atoms with E-state index in [1.807, 2.05) is 12.4 Å². The second-order valence-corrected chi connectivity index (χ2v) is 4.55. The maximum atomic E-state index is 4.48. The van der Waals surface area contributed by atoms with Gasteiger partial charge in [0.2, 0.25) is 0 Å². The standard InChI is InChI=1S/C9H11N3S2/c1-3-10-9-12-7(4-13-9)8-6(2)11-5-14-8/h4-5H,3H2,1-2H3,(H,10,12). The lowest BCUT2D eigenvalue weighted by Crippen LogP contribution is -1.94. The van der Waals surface area contributed by atoms with Crippen molar-refractivity contribution in [2.24, 2.45) is 0 Å². The molecule has 0 atom stereocenters. The highest BCUT2D eigenvalue weighted by Gasteiger charge is 2.08. The Labute approximate surface area is 90.9 Å². The van der Waals surface area contributed by atoms with Crippen molar-refractivity contribution in [1.82, 2.24) is 9.97 Å². The molecule has 0 aliphatic rings. The van der Waals surface area contributed by atoms with E-state index in [1.165, 1.54) is 4.88 Å². The van der Waals surface area contributed by atoms with Crippen molar-refractivity contribution in [3.63, 3.8) is 0 Å². The van der Waals surface area contributed by atoms with Gasteiger partial charge in [-0.15, -0.1) is 22.7 Å². The van der Waals surface area contributed by atoms with E-state index in [-0.39, 0.29) is 0 Å². The molecule has 0 bridgehead atoms. The minimum Gasteiger partial charge on any atom is -0.362 e. The smallest absolute Gasteiger partial charge is 0.183 e. The minimum absolute atomic E-state index is 0.911. The molecule has 3 nitrogen and oxygen atoms in total. The molecule has 0 aliphatic carbocycles. The molecular weight excluding hydrogens is 214 g/mol. The van der Waals surface area contributed by atoms with Crippen LogP contribution in [0.15, 0.2) is 10.9 Å². The average molecular weight is 225 g/mol. The molecular formula is C9H11N3S2. The molecule has 14 heavy (non-hydrogen) atoms. The van der Waals surface area contributed by atoms with Crippen LogP contribution in [0.5, 0.6) is 0 Å². The normalized spacial score (nSPS) is 10.4. The summed E-state index contributed by atoms with van der Waals surface area (Å²) < 4.78 is 0. The van der Waals surface area contributed by atoms with Crippen LogP contribution in [0, 0.1) is 6.92 Å². The van der Waals surface area contributed by atoms with Crippen LogP contribution in [-0.4, -0.2) is 16.5 Å². The summed E-state index contributed by atoms with van der Waals surface area (Å²) in [4.78, 5) is 9.86. The lowest BCUT2D eigenvalue weighted by molar-refractivity contribution is 1.19. The summed E-state index contributed by atoms with van der Waals surface area (Å²) in [6.07, 6.45) is 0. The van der Waals surface area contributed by atoms with E-state index in [4.69, 9.17) is 0 Å². The molecule has 0 spiro atoms. The van der Waals surface area contributed by atoms with Crippen LogP contribution in [-0.2, 0) is 0 Å². The summed E-state index contributed by atoms with van der Waals surface area (Å²) in [6.45, 7) is 4.99. The molecule has 2 aromatic heterocycles. The van der Waals surface area contributed by atoms with Gasteiger partial charge in [0.15, 0.2) is 5.13 Å². The second-order valence-electron chi connectivity index (χ2n) is 2.84. The predicted octanol–water partition coefficient (Wildman–Crippen LogP) is 3.01. The Morgan fingerprint density at radius 3 is 2.93 bits per heavy atom. The minimum atomic E-state index is 0.911. The first-order valence-corrected chi connectivity index (χ1v) is 6.17. The molecule has 2 rings (SSSR count). The largest absolute Gasteiger partial charge is 0.362 e. The van der Waals surface area contributed by atoms with Gasteiger partial charge in [-0.05, 0) is 13.8 Å². The first-order valence-electron chi connectivity index (χ1n) is 4.41. The van der Waals surface area contributed by atoms with Gasteiger partial charge in [0.25, 0.3) is 0 Å². The summed E-state index contributed by atoms with van der Waals surface area (Å²) in [5.41, 5.74) is 3.95. The SMILES string of the molecule is CCNc1nc(-c2scnc2C)cs1. The third-order valence-corrected chi connectivity index (χ3v) is 3.56. The fraction of sp³-hybridized carbons (Fsp3) is 0.333. The molecule has 2 heterocycles. The lowest BCUT2D eigenvalue weighted by Gasteiger charge is -1.94. The Balaban J connectivity index is 2.29. The van der Waals surface area contributed by atoms with Crippen LogP contribution in [0.2, 0.25) is 0 Å². The second kappa shape index (κ2) is 4.06. The molecule has 2 aromatic rings. The zero-order valence-corrected chi connectivity index (χ0v) is 9.71. The Kier molecular flexibility index (Phi) is 2.79. The van der Waals surface area contributed by atoms with E-state index in [9.17, 15) is 0 Å². The fourth-order valence-corrected chi connectivity index (χ4v) is 2.77. The zero-order valence-electron chi connectivity index (χ0n) is 8.07. The number of aromatic nitrogens is 2. The molecule has 0 unspecified atom stereocenters. The number of thiazole rings is 2. The third-order valence-electron chi connectivity index (χ3n) is 1.81. The van der Waals surface area contributed by atoms with E-state index in [2.05, 4.69) is 27.6 Å². The summed E-state index contributed by atoms with van der Waals surface area (Å²) in [5.74, 6) is 0. The van der Waals surface area contributed by atoms with Crippen LogP contribution in [0.25, 0.3) is 10.6 Å². The molecule has 0 saturated carbocycles. The summed E-state index contributed by atoms with van der Waals surface area (Å²) in [5, 5.41) is 6.25. The van der Waals surface area contributed by atoms with Gasteiger partial charge in [0.1, 0.15) is 0 Å². The van der Waals surface area contributed by atoms with Crippen molar-refractivity contribution in [2.75, 3.05) is 11.9 Å². The highest BCUT2D eigenvalue weighted by Crippen LogP contribution is 2.29. The van der Waals surface area contributed by atoms with E-state index in [0.29, 0.717) is 0 Å². The van der Waals surface area contributed by atoms with Crippen molar-refractivity contribution in [3.05, 3.63) is 16.6 Å². The molecule has 0 radical (unpaired) electrons. The van der Waals surface area contributed by atoms with Crippen LogP contribution in [0.1, 0.15) is 12.6 Å². The number of hydrogen-bond donors (Lipinski definition) is 1. The molecule has 0 saturated heterocycles. The maximum absolute atomic E-state index is 4.48. The zero-order chi connectivity index (χ0) is 9.97. The summed E-state index contributed by atoms with van der Waals surface area (Å²) in [6, 6.07) is 0. The Hall–Kier alpha value is -0.940. The monoisotopic (exact) mass is 225 g/mol. The molecule has 0 amide bonds. The topological polar surface area (TPSA) is 37.8 Å². The molecule has 0 aromatic carbocycles. The van der Waals surface area contributed by atoms with Crippen molar-refractivity contribution in [3.8, 4) is 10.6 Å². The Bertz CT molecular complexity index is 419. The Morgan fingerprint density at radius 2 is 2.29 bits per heavy atom. The van der Waals surface area contributed by atoms with Gasteiger partial charge in [0.05, 0.1) is 21.8 Å². The van der Waals surface area contributed by atoms with Gasteiger partial charge >= 0.3 is 0 Å². The Morgan fingerprint density at radius 1 is 1.43 bits per heavy atom. The van der Waals surface area contributed by atoms with Crippen molar-refractivity contribution >= 4 is 27.8 Å². The highest BCUT2D eigenvalue weighted by atomic mass is 32.1. The van der Waals surface area contributed by atoms with Gasteiger partial charge in [0, 0.05) is 11.9 Å². The number of hydrogen-bond acceptors (Lipinski definition) is 5. The van der Waals surface area contributed by atoms with Gasteiger partial charge in [-0.3, -0.25) is 0 Å². The third kappa shape index (κ3) is 1.78. The van der Waals surface area contributed by atoms with Gasteiger partial charge in [-0.2, -0.15) is 0 Å². The quantitative estimate of drug-likeness (QED) is 0.872. The van der Waals surface area contributed by atoms with Crippen molar-refractivity contribution in [1.29, 1.82) is 0 Å². The number of anilines is 1. The van der Waals surface area contributed by atoms with Gasteiger partial charge < -0.3 is 5.32 Å². The first-order chi connectivity index (χ1) is 6.81. The number of rotatable bonds is 3. The van der Waals surface area contributed by atoms with E-state index >= 15 is 0 Å². The van der Waals surface area contributed by atoms with Gasteiger partial charge in [-0.1, -0.05) is 0 Å². The maximum Gasteiger partial charge on any atom is 0.183 e. The molecule has 74 valence electrons. The average Bonchev–Trinajstić information content (AvgIpc) is 2.74. The van der Waals surface area contributed by atoms with Gasteiger partial charge in [-0.25, -0.2) is 9.97 Å². The fourth-order valence-electron chi connectivity index (χ4n) is 1.16. The number of nitrogens with one attached hydrogen (secondary N) is 1. The van der Waals surface area contributed by atoms with Crippen molar-refractivity contribution in [2.45, 2.75) is 13.8 Å². The summed E-state index contributed by atoms with van der Waals surface area (Å²) >= 11 is 3.28. The van der Waals surface area contributed by atoms with E-state index < -0.39 is 0 Å². The van der Waals surface area contributed by atoms with E-state index in [1.54, 1.807) is 22.7 Å². The number of nitrogens with zero attached hydrogens (tertiary/aromatic N) is 2. The molecule has 0 aliphatic heterocycles.